The summed E-state index contributed by atoms with van der Waals surface area (Å²) in [5.41, 5.74) is 1.58. The molecule has 84 valence electrons. The van der Waals surface area contributed by atoms with E-state index in [4.69, 9.17) is 11.6 Å². The molecule has 0 bridgehead atoms. The molecule has 0 fully saturated rings. The first-order valence-electron chi connectivity index (χ1n) is 5.04. The van der Waals surface area contributed by atoms with Gasteiger partial charge in [0.1, 0.15) is 11.0 Å². The summed E-state index contributed by atoms with van der Waals surface area (Å²) >= 11 is 5.87. The van der Waals surface area contributed by atoms with Gasteiger partial charge in [0.2, 0.25) is 0 Å². The predicted octanol–water partition coefficient (Wildman–Crippen LogP) is 2.15. The molecule has 0 atom stereocenters. The van der Waals surface area contributed by atoms with Gasteiger partial charge in [0.05, 0.1) is 0 Å². The minimum absolute atomic E-state index is 0.417. The highest BCUT2D eigenvalue weighted by Crippen LogP contribution is 2.19. The van der Waals surface area contributed by atoms with Gasteiger partial charge in [-0.05, 0) is 19.1 Å². The lowest BCUT2D eigenvalue weighted by atomic mass is 10.3. The number of hydrogen-bond donors (Lipinski definition) is 0. The summed E-state index contributed by atoms with van der Waals surface area (Å²) < 4.78 is 1.85. The summed E-state index contributed by atoms with van der Waals surface area (Å²) in [4.78, 5) is 8.26. The topological polar surface area (TPSA) is 56.0 Å². The Morgan fingerprint density at radius 3 is 2.94 bits per heavy atom. The second-order valence-electron chi connectivity index (χ2n) is 3.58. The molecule has 0 spiro atoms. The van der Waals surface area contributed by atoms with Gasteiger partial charge in [-0.25, -0.2) is 4.98 Å². The zero-order valence-electron chi connectivity index (χ0n) is 9.00. The van der Waals surface area contributed by atoms with Crippen molar-refractivity contribution in [2.24, 2.45) is 0 Å². The molecule has 0 radical (unpaired) electrons. The van der Waals surface area contributed by atoms with E-state index in [1.165, 1.54) is 0 Å². The average molecular weight is 246 g/mol. The monoisotopic (exact) mass is 245 g/mol. The third-order valence-corrected chi connectivity index (χ3v) is 2.64. The van der Waals surface area contributed by atoms with Crippen LogP contribution in [-0.4, -0.2) is 24.6 Å². The molecule has 0 aliphatic carbocycles. The number of rotatable bonds is 1. The summed E-state index contributed by atoms with van der Waals surface area (Å²) in [5, 5.41) is 8.64. The Balaban J connectivity index is 2.32. The molecule has 0 saturated heterocycles. The van der Waals surface area contributed by atoms with Crippen LogP contribution in [0.2, 0.25) is 5.15 Å². The van der Waals surface area contributed by atoms with Gasteiger partial charge in [0.25, 0.3) is 0 Å². The average Bonchev–Trinajstić information content (AvgIpc) is 2.74. The minimum atomic E-state index is 0.417. The zero-order chi connectivity index (χ0) is 11.8. The first-order chi connectivity index (χ1) is 8.25. The van der Waals surface area contributed by atoms with Crippen LogP contribution < -0.4 is 0 Å². The first-order valence-corrected chi connectivity index (χ1v) is 5.42. The fraction of sp³-hybridized carbons (Fsp3) is 0.0909. The molecule has 3 rings (SSSR count). The van der Waals surface area contributed by atoms with Gasteiger partial charge >= 0.3 is 0 Å². The first kappa shape index (κ1) is 10.2. The number of halogens is 1. The number of aromatic nitrogens is 5. The summed E-state index contributed by atoms with van der Waals surface area (Å²) in [6, 6.07) is 5.47. The molecular weight excluding hydrogens is 238 g/mol. The third-order valence-electron chi connectivity index (χ3n) is 2.45. The fourth-order valence-corrected chi connectivity index (χ4v) is 1.95. The minimum Gasteiger partial charge on any atom is -0.264 e. The number of pyridine rings is 1. The molecular formula is C11H8ClN5. The van der Waals surface area contributed by atoms with Crippen molar-refractivity contribution in [2.75, 3.05) is 0 Å². The van der Waals surface area contributed by atoms with Gasteiger partial charge in [-0.15, -0.1) is 10.2 Å². The van der Waals surface area contributed by atoms with E-state index < -0.39 is 0 Å². The highest BCUT2D eigenvalue weighted by atomic mass is 35.5. The number of fused-ring (bicyclic) bond motifs is 1. The Bertz CT molecular complexity index is 677. The van der Waals surface area contributed by atoms with Crippen molar-refractivity contribution in [3.05, 3.63) is 41.6 Å². The maximum absolute atomic E-state index is 5.87. The van der Waals surface area contributed by atoms with Crippen LogP contribution in [0.4, 0.5) is 0 Å². The Labute approximate surface area is 102 Å². The molecule has 5 nitrogen and oxygen atoms in total. The molecule has 3 heterocycles. The van der Waals surface area contributed by atoms with Crippen LogP contribution in [0.15, 0.2) is 30.6 Å². The number of aryl methyl sites for hydroxylation is 1. The summed E-state index contributed by atoms with van der Waals surface area (Å²) in [5.74, 6) is 1.46. The predicted molar refractivity (Wildman–Crippen MR) is 63.8 cm³/mol. The smallest absolute Gasteiger partial charge is 0.171 e. The molecule has 0 aliphatic heterocycles. The maximum Gasteiger partial charge on any atom is 0.171 e. The van der Waals surface area contributed by atoms with Crippen LogP contribution in [0.5, 0.6) is 0 Å². The molecule has 17 heavy (non-hydrogen) atoms. The Hall–Kier alpha value is -2.01. The maximum atomic E-state index is 5.87. The molecule has 0 aliphatic rings. The quantitative estimate of drug-likeness (QED) is 0.617. The summed E-state index contributed by atoms with van der Waals surface area (Å²) in [7, 11) is 0. The van der Waals surface area contributed by atoms with Crippen molar-refractivity contribution in [1.82, 2.24) is 24.6 Å². The van der Waals surface area contributed by atoms with Gasteiger partial charge in [-0.3, -0.25) is 9.38 Å². The van der Waals surface area contributed by atoms with E-state index in [0.29, 0.717) is 10.8 Å². The molecule has 3 aromatic rings. The largest absolute Gasteiger partial charge is 0.264 e. The van der Waals surface area contributed by atoms with Crippen molar-refractivity contribution in [3.8, 4) is 11.4 Å². The molecule has 3 aromatic heterocycles. The SMILES string of the molecule is Cc1nc(Cl)cc2nnc(-c3cccnc3)n12. The van der Waals surface area contributed by atoms with Gasteiger partial charge in [0, 0.05) is 24.0 Å². The van der Waals surface area contributed by atoms with Gasteiger partial charge in [-0.2, -0.15) is 0 Å². The second-order valence-corrected chi connectivity index (χ2v) is 3.97. The molecule has 0 saturated carbocycles. The van der Waals surface area contributed by atoms with Crippen LogP contribution >= 0.6 is 11.6 Å². The van der Waals surface area contributed by atoms with Crippen molar-refractivity contribution in [1.29, 1.82) is 0 Å². The highest BCUT2D eigenvalue weighted by molar-refractivity contribution is 6.29. The van der Waals surface area contributed by atoms with E-state index in [1.54, 1.807) is 18.5 Å². The van der Waals surface area contributed by atoms with E-state index in [0.717, 1.165) is 17.2 Å². The van der Waals surface area contributed by atoms with Crippen molar-refractivity contribution in [3.63, 3.8) is 0 Å². The number of nitrogens with zero attached hydrogens (tertiary/aromatic N) is 5. The van der Waals surface area contributed by atoms with Crippen LogP contribution in [-0.2, 0) is 0 Å². The van der Waals surface area contributed by atoms with E-state index in [2.05, 4.69) is 20.2 Å². The molecule has 0 unspecified atom stereocenters. The van der Waals surface area contributed by atoms with Crippen molar-refractivity contribution in [2.45, 2.75) is 6.92 Å². The molecule has 6 heteroatoms. The Morgan fingerprint density at radius 1 is 1.29 bits per heavy atom. The van der Waals surface area contributed by atoms with E-state index in [9.17, 15) is 0 Å². The van der Waals surface area contributed by atoms with Crippen molar-refractivity contribution < 1.29 is 0 Å². The van der Waals surface area contributed by atoms with Crippen LogP contribution in [0, 0.1) is 6.92 Å². The summed E-state index contributed by atoms with van der Waals surface area (Å²) in [6.45, 7) is 1.86. The highest BCUT2D eigenvalue weighted by Gasteiger charge is 2.11. The van der Waals surface area contributed by atoms with Crippen molar-refractivity contribution >= 4 is 17.2 Å². The lowest BCUT2D eigenvalue weighted by Gasteiger charge is -2.02. The van der Waals surface area contributed by atoms with Crippen LogP contribution in [0.1, 0.15) is 5.82 Å². The molecule has 0 amide bonds. The lowest BCUT2D eigenvalue weighted by Crippen LogP contribution is -1.98. The van der Waals surface area contributed by atoms with E-state index >= 15 is 0 Å². The van der Waals surface area contributed by atoms with Crippen LogP contribution in [0.3, 0.4) is 0 Å². The normalized spacial score (nSPS) is 10.9. The summed E-state index contributed by atoms with van der Waals surface area (Å²) in [6.07, 6.45) is 3.46. The molecule has 0 N–H and O–H groups in total. The van der Waals surface area contributed by atoms with E-state index in [-0.39, 0.29) is 0 Å². The fourth-order valence-electron chi connectivity index (χ4n) is 1.73. The Morgan fingerprint density at radius 2 is 2.18 bits per heavy atom. The lowest BCUT2D eigenvalue weighted by molar-refractivity contribution is 0.987. The van der Waals surface area contributed by atoms with Gasteiger partial charge < -0.3 is 0 Å². The van der Waals surface area contributed by atoms with Gasteiger partial charge in [0.15, 0.2) is 11.5 Å². The Kier molecular flexibility index (Phi) is 2.26. The second kappa shape index (κ2) is 3.78. The zero-order valence-corrected chi connectivity index (χ0v) is 9.76. The number of hydrogen-bond acceptors (Lipinski definition) is 4. The molecule has 0 aromatic carbocycles. The standard InChI is InChI=1S/C11H8ClN5/c1-7-14-9(12)5-10-15-16-11(17(7)10)8-3-2-4-13-6-8/h2-6H,1H3. The van der Waals surface area contributed by atoms with Crippen LogP contribution in [0.25, 0.3) is 17.0 Å². The third kappa shape index (κ3) is 1.64. The van der Waals surface area contributed by atoms with Gasteiger partial charge in [-0.1, -0.05) is 11.6 Å². The van der Waals surface area contributed by atoms with E-state index in [1.807, 2.05) is 23.5 Å².